The maximum absolute atomic E-state index is 12.5. The van der Waals surface area contributed by atoms with Crippen molar-refractivity contribution in [1.82, 2.24) is 19.9 Å². The lowest BCUT2D eigenvalue weighted by Crippen LogP contribution is -2.37. The molecule has 338 valence electrons. The van der Waals surface area contributed by atoms with Gasteiger partial charge >= 0.3 is 29.6 Å². The van der Waals surface area contributed by atoms with Crippen LogP contribution in [0.1, 0.15) is 84.9 Å². The molecule has 0 saturated carbocycles. The first-order valence-electron chi connectivity index (χ1n) is 18.5. The Hall–Kier alpha value is -1.32. The van der Waals surface area contributed by atoms with Crippen LogP contribution in [-0.2, 0) is 45.8 Å². The van der Waals surface area contributed by atoms with Crippen LogP contribution in [0.4, 0.5) is 10.6 Å². The topological polar surface area (TPSA) is 283 Å². The fraction of sp³-hybridized carbons (Fsp3) is 0.667. The molecular weight excluding hydrogens is 928 g/mol. The van der Waals surface area contributed by atoms with Gasteiger partial charge in [-0.05, 0) is 46.0 Å². The van der Waals surface area contributed by atoms with Gasteiger partial charge in [0.15, 0.2) is 0 Å². The van der Waals surface area contributed by atoms with Gasteiger partial charge in [0, 0.05) is 28.7 Å². The molecule has 60 heavy (non-hydrogen) atoms. The molecule has 2 aromatic rings. The monoisotopic (exact) mass is 979 g/mol. The van der Waals surface area contributed by atoms with Crippen molar-refractivity contribution in [2.45, 2.75) is 107 Å². The Balaban J connectivity index is 1.35. The van der Waals surface area contributed by atoms with Crippen LogP contribution in [0.2, 0.25) is 0 Å². The molecule has 0 bridgehead atoms. The average molecular weight is 980 g/mol. The molecule has 1 aliphatic heterocycles. The molecule has 0 spiro atoms. The van der Waals surface area contributed by atoms with Gasteiger partial charge in [-0.15, -0.1) is 0 Å². The highest BCUT2D eigenvalue weighted by Crippen LogP contribution is 2.66. The molecule has 7 N–H and O–H groups in total. The van der Waals surface area contributed by atoms with Crippen molar-refractivity contribution in [2.75, 3.05) is 37.4 Å². The van der Waals surface area contributed by atoms with Crippen LogP contribution in [0.15, 0.2) is 24.7 Å². The van der Waals surface area contributed by atoms with Gasteiger partial charge in [-0.25, -0.2) is 28.5 Å². The zero-order chi connectivity index (χ0) is 44.2. The minimum Gasteiger partial charge on any atom is -0.446 e. The summed E-state index contributed by atoms with van der Waals surface area (Å²) >= 11 is 0. The smallest absolute Gasteiger partial charge is 0.446 e. The summed E-state index contributed by atoms with van der Waals surface area (Å²) in [7, 11) is -10.7. The molecule has 4 rings (SSSR count). The Morgan fingerprint density at radius 3 is 2.48 bits per heavy atom. The van der Waals surface area contributed by atoms with Crippen LogP contribution in [0.25, 0.3) is 11.0 Å². The Kier molecular flexibility index (Phi) is 19.7. The van der Waals surface area contributed by atoms with E-state index in [2.05, 4.69) is 47.9 Å². The third kappa shape index (κ3) is 18.4. The standard InChI is InChI=1S/C33H52N5O15P3S4/c1-32(2,3)59-58-22-48-25-16-27(51-26(25)18-49-55(43,44)53-56(45,46)52-54(40,41)42)38-17-23(28-29(34)36-20-37-30(28)38)12-11-15-47-21-57-60-33(4,5)19-35-31(39)50-24-13-9-7-6-8-10-14-24/h6-7,17,20,24-27H,8-10,13-16,18-19,21-22H2,1-5H3,(H,35,39)(H,43,44)(H,45,46)(H2,34,36,37)(H2,40,41,42)/b7-6+/t24?,25-,26-,27-/m1/s1. The number of nitrogens with zero attached hydrogens (tertiary/aromatic N) is 3. The number of alkyl carbamates (subject to hydrolysis) is 1. The molecule has 6 atom stereocenters. The number of carbonyl (C=O) groups is 1. The third-order valence-electron chi connectivity index (χ3n) is 8.05. The Morgan fingerprint density at radius 1 is 1.02 bits per heavy atom. The van der Waals surface area contributed by atoms with Gasteiger partial charge in [0.25, 0.3) is 0 Å². The van der Waals surface area contributed by atoms with Crippen LogP contribution in [0, 0.1) is 11.8 Å². The van der Waals surface area contributed by atoms with E-state index in [9.17, 15) is 28.3 Å². The van der Waals surface area contributed by atoms with Crippen molar-refractivity contribution in [3.8, 4) is 11.8 Å². The maximum Gasteiger partial charge on any atom is 0.490 e. The van der Waals surface area contributed by atoms with E-state index in [4.69, 9.17) is 39.0 Å². The van der Waals surface area contributed by atoms with E-state index in [1.807, 2.05) is 34.6 Å². The van der Waals surface area contributed by atoms with E-state index in [0.29, 0.717) is 29.1 Å². The first-order chi connectivity index (χ1) is 28.0. The first-order valence-corrected chi connectivity index (χ1v) is 27.6. The van der Waals surface area contributed by atoms with Crippen molar-refractivity contribution >= 4 is 89.6 Å². The summed E-state index contributed by atoms with van der Waals surface area (Å²) in [4.78, 5) is 58.3. The lowest BCUT2D eigenvalue weighted by atomic mass is 10.0. The van der Waals surface area contributed by atoms with E-state index < -0.39 is 54.6 Å². The lowest BCUT2D eigenvalue weighted by Gasteiger charge is -2.24. The Bertz CT molecular complexity index is 1990. The van der Waals surface area contributed by atoms with Crippen LogP contribution < -0.4 is 11.1 Å². The van der Waals surface area contributed by atoms with E-state index in [1.54, 1.807) is 32.4 Å². The van der Waals surface area contributed by atoms with Crippen molar-refractivity contribution < 1.29 is 70.2 Å². The number of carbonyl (C=O) groups excluding carboxylic acids is 1. The second kappa shape index (κ2) is 23.0. The summed E-state index contributed by atoms with van der Waals surface area (Å²) in [5.74, 6) is 6.70. The van der Waals surface area contributed by atoms with Gasteiger partial charge in [0.1, 0.15) is 54.7 Å². The van der Waals surface area contributed by atoms with Gasteiger partial charge < -0.3 is 54.1 Å². The number of rotatable bonds is 20. The fourth-order valence-electron chi connectivity index (χ4n) is 5.60. The zero-order valence-corrected chi connectivity index (χ0v) is 39.5. The molecule has 1 fully saturated rings. The second-order valence-electron chi connectivity index (χ2n) is 14.9. The van der Waals surface area contributed by atoms with Crippen molar-refractivity contribution in [3.63, 3.8) is 0 Å². The molecule has 3 heterocycles. The quantitative estimate of drug-likeness (QED) is 0.0190. The minimum atomic E-state index is -5.73. The summed E-state index contributed by atoms with van der Waals surface area (Å²) in [6.07, 6.45) is 8.88. The number of hydrogen-bond acceptors (Lipinski definition) is 18. The van der Waals surface area contributed by atoms with Crippen LogP contribution in [0.3, 0.4) is 0 Å². The number of phosphoric acid groups is 3. The Labute approximate surface area is 364 Å². The number of nitrogens with one attached hydrogen (secondary N) is 1. The molecule has 20 nitrogen and oxygen atoms in total. The summed E-state index contributed by atoms with van der Waals surface area (Å²) in [6.45, 7) is 9.89. The molecule has 3 unspecified atom stereocenters. The molecular formula is C33H52N5O15P3S4. The highest BCUT2D eigenvalue weighted by Gasteiger charge is 2.44. The number of fused-ring (bicyclic) bond motifs is 1. The molecule has 0 radical (unpaired) electrons. The van der Waals surface area contributed by atoms with Crippen molar-refractivity contribution in [3.05, 3.63) is 30.2 Å². The highest BCUT2D eigenvalue weighted by molar-refractivity contribution is 8.77. The first kappa shape index (κ1) is 51.3. The van der Waals surface area contributed by atoms with Crippen LogP contribution >= 0.6 is 66.6 Å². The molecule has 2 aromatic heterocycles. The van der Waals surface area contributed by atoms with E-state index >= 15 is 0 Å². The van der Waals surface area contributed by atoms with Crippen LogP contribution in [0.5, 0.6) is 0 Å². The number of hydrogen-bond donors (Lipinski definition) is 6. The SMILES string of the molecule is CC(C)(C)SSCO[C@@H]1C[C@H](n2cc(C#CCOCSSC(C)(C)CNC(=O)OC3CC/C=C/CCC3)c3c(N)ncnc32)O[C@@H]1COP(=O)(O)OP(=O)(O)OP(=O)(O)O. The average Bonchev–Trinajstić information content (AvgIpc) is 3.69. The Morgan fingerprint density at radius 2 is 1.75 bits per heavy atom. The van der Waals surface area contributed by atoms with Crippen molar-refractivity contribution in [2.24, 2.45) is 0 Å². The van der Waals surface area contributed by atoms with E-state index in [-0.39, 0.29) is 40.4 Å². The number of aromatic nitrogens is 3. The minimum absolute atomic E-state index is 0.0802. The second-order valence-corrected chi connectivity index (χ2v) is 25.3. The number of ether oxygens (including phenoxy) is 4. The lowest BCUT2D eigenvalue weighted by molar-refractivity contribution is -0.0520. The third-order valence-corrected chi connectivity index (χ3v) is 17.8. The molecule has 1 aliphatic carbocycles. The van der Waals surface area contributed by atoms with E-state index in [0.717, 1.165) is 32.1 Å². The number of amides is 1. The molecule has 2 aliphatic rings. The molecule has 1 saturated heterocycles. The predicted molar refractivity (Wildman–Crippen MR) is 232 cm³/mol. The predicted octanol–water partition coefficient (Wildman–Crippen LogP) is 7.27. The molecule has 27 heteroatoms. The van der Waals surface area contributed by atoms with E-state index in [1.165, 1.54) is 27.9 Å². The number of nitrogen functional groups attached to an aromatic ring is 1. The summed E-state index contributed by atoms with van der Waals surface area (Å²) in [5, 5.41) is 3.33. The number of allylic oxidation sites excluding steroid dienone is 2. The normalized spacial score (nSPS) is 22.8. The summed E-state index contributed by atoms with van der Waals surface area (Å²) < 4.78 is 72.9. The number of nitrogens with two attached hydrogens (primary N) is 1. The molecule has 1 amide bonds. The molecule has 0 aromatic carbocycles. The maximum atomic E-state index is 12.5. The van der Waals surface area contributed by atoms with Crippen LogP contribution in [-0.4, -0.2) is 99.6 Å². The van der Waals surface area contributed by atoms with Gasteiger partial charge in [-0.2, -0.15) is 8.62 Å². The largest absolute Gasteiger partial charge is 0.490 e. The highest BCUT2D eigenvalue weighted by atomic mass is 33.1. The van der Waals surface area contributed by atoms with Crippen molar-refractivity contribution in [1.29, 1.82) is 0 Å². The van der Waals surface area contributed by atoms with Gasteiger partial charge in [0.05, 0.1) is 23.7 Å². The summed E-state index contributed by atoms with van der Waals surface area (Å²) in [6, 6.07) is 0. The number of phosphoric ester groups is 1. The van der Waals surface area contributed by atoms with Gasteiger partial charge in [-0.1, -0.05) is 87.9 Å². The van der Waals surface area contributed by atoms with Gasteiger partial charge in [0.2, 0.25) is 0 Å². The fourth-order valence-corrected chi connectivity index (χ4v) is 12.8. The summed E-state index contributed by atoms with van der Waals surface area (Å²) in [5.41, 5.74) is 7.11. The van der Waals surface area contributed by atoms with Gasteiger partial charge in [-0.3, -0.25) is 4.52 Å². The number of anilines is 1. The zero-order valence-electron chi connectivity index (χ0n) is 33.6.